The SMILES string of the molecule is CCOc1ccc(-c2nnc(S[C@@H](C)C(=O)N(C)Cc3ccccc3)o2)cc1. The fraction of sp³-hybridized carbons (Fsp3) is 0.286. The van der Waals surface area contributed by atoms with Crippen LogP contribution in [-0.4, -0.2) is 39.9 Å². The van der Waals surface area contributed by atoms with E-state index >= 15 is 0 Å². The third-order valence-corrected chi connectivity index (χ3v) is 5.00. The Labute approximate surface area is 168 Å². The zero-order valence-corrected chi connectivity index (χ0v) is 17.0. The standard InChI is InChI=1S/C21H23N3O3S/c1-4-26-18-12-10-17(11-13-18)19-22-23-21(27-19)28-15(2)20(25)24(3)14-16-8-6-5-7-9-16/h5-13,15H,4,14H2,1-3H3/t15-/m0/s1. The molecule has 2 aromatic carbocycles. The summed E-state index contributed by atoms with van der Waals surface area (Å²) in [6.07, 6.45) is 0. The average molecular weight is 398 g/mol. The van der Waals surface area contributed by atoms with Crippen molar-refractivity contribution in [2.75, 3.05) is 13.7 Å². The molecular weight excluding hydrogens is 374 g/mol. The van der Waals surface area contributed by atoms with E-state index in [-0.39, 0.29) is 11.2 Å². The Balaban J connectivity index is 1.59. The molecule has 28 heavy (non-hydrogen) atoms. The summed E-state index contributed by atoms with van der Waals surface area (Å²) in [6.45, 7) is 4.96. The van der Waals surface area contributed by atoms with Gasteiger partial charge in [0.15, 0.2) is 0 Å². The van der Waals surface area contributed by atoms with Gasteiger partial charge in [-0.3, -0.25) is 4.79 Å². The van der Waals surface area contributed by atoms with Crippen molar-refractivity contribution in [3.05, 3.63) is 60.2 Å². The van der Waals surface area contributed by atoms with Crippen molar-refractivity contribution in [2.45, 2.75) is 30.9 Å². The Kier molecular flexibility index (Phi) is 6.71. The van der Waals surface area contributed by atoms with Crippen molar-refractivity contribution in [3.63, 3.8) is 0 Å². The molecule has 1 atom stereocenters. The first-order valence-electron chi connectivity index (χ1n) is 9.09. The highest BCUT2D eigenvalue weighted by molar-refractivity contribution is 8.00. The molecule has 0 fully saturated rings. The van der Waals surface area contributed by atoms with E-state index in [9.17, 15) is 4.79 Å². The number of hydrogen-bond donors (Lipinski definition) is 0. The van der Waals surface area contributed by atoms with Gasteiger partial charge in [0.25, 0.3) is 5.22 Å². The van der Waals surface area contributed by atoms with Gasteiger partial charge in [0.2, 0.25) is 11.8 Å². The molecule has 0 aliphatic carbocycles. The van der Waals surface area contributed by atoms with Crippen LogP contribution in [0.4, 0.5) is 0 Å². The third kappa shape index (κ3) is 5.13. The monoisotopic (exact) mass is 397 g/mol. The van der Waals surface area contributed by atoms with Crippen molar-refractivity contribution >= 4 is 17.7 Å². The van der Waals surface area contributed by atoms with Gasteiger partial charge in [-0.2, -0.15) is 0 Å². The Morgan fingerprint density at radius 2 is 1.86 bits per heavy atom. The highest BCUT2D eigenvalue weighted by Crippen LogP contribution is 2.28. The quantitative estimate of drug-likeness (QED) is 0.529. The molecule has 0 unspecified atom stereocenters. The van der Waals surface area contributed by atoms with Crippen LogP contribution in [0.1, 0.15) is 19.4 Å². The molecule has 146 valence electrons. The zero-order chi connectivity index (χ0) is 19.9. The van der Waals surface area contributed by atoms with E-state index in [1.165, 1.54) is 11.8 Å². The normalized spacial score (nSPS) is 11.8. The molecule has 6 nitrogen and oxygen atoms in total. The van der Waals surface area contributed by atoms with Gasteiger partial charge in [0, 0.05) is 19.2 Å². The van der Waals surface area contributed by atoms with Crippen LogP contribution < -0.4 is 4.74 Å². The molecule has 0 N–H and O–H groups in total. The fourth-order valence-corrected chi connectivity index (χ4v) is 3.48. The Morgan fingerprint density at radius 3 is 2.54 bits per heavy atom. The maximum Gasteiger partial charge on any atom is 0.277 e. The van der Waals surface area contributed by atoms with Gasteiger partial charge in [-0.05, 0) is 43.7 Å². The van der Waals surface area contributed by atoms with Crippen LogP contribution in [-0.2, 0) is 11.3 Å². The predicted molar refractivity (Wildman–Crippen MR) is 109 cm³/mol. The number of carbonyl (C=O) groups is 1. The van der Waals surface area contributed by atoms with Crippen LogP contribution >= 0.6 is 11.8 Å². The van der Waals surface area contributed by atoms with Gasteiger partial charge < -0.3 is 14.1 Å². The number of aromatic nitrogens is 2. The predicted octanol–water partition coefficient (Wildman–Crippen LogP) is 4.27. The second-order valence-corrected chi connectivity index (χ2v) is 7.56. The van der Waals surface area contributed by atoms with Gasteiger partial charge in [-0.1, -0.05) is 42.1 Å². The second kappa shape index (κ2) is 9.41. The van der Waals surface area contributed by atoms with Crippen molar-refractivity contribution in [1.29, 1.82) is 0 Å². The maximum atomic E-state index is 12.6. The first-order chi connectivity index (χ1) is 13.6. The summed E-state index contributed by atoms with van der Waals surface area (Å²) in [5, 5.41) is 8.19. The highest BCUT2D eigenvalue weighted by atomic mass is 32.2. The van der Waals surface area contributed by atoms with Crippen LogP contribution in [0, 0.1) is 0 Å². The van der Waals surface area contributed by atoms with Crippen molar-refractivity contribution in [2.24, 2.45) is 0 Å². The van der Waals surface area contributed by atoms with E-state index in [2.05, 4.69) is 10.2 Å². The largest absolute Gasteiger partial charge is 0.494 e. The Hall–Kier alpha value is -2.80. The maximum absolute atomic E-state index is 12.6. The van der Waals surface area contributed by atoms with Gasteiger partial charge in [0.1, 0.15) is 5.75 Å². The Bertz CT molecular complexity index is 897. The lowest BCUT2D eigenvalue weighted by Gasteiger charge is -2.20. The van der Waals surface area contributed by atoms with Crippen molar-refractivity contribution in [1.82, 2.24) is 15.1 Å². The van der Waals surface area contributed by atoms with Crippen molar-refractivity contribution in [3.8, 4) is 17.2 Å². The number of rotatable bonds is 8. The summed E-state index contributed by atoms with van der Waals surface area (Å²) in [5.41, 5.74) is 1.90. The second-order valence-electron chi connectivity index (χ2n) is 6.27. The van der Waals surface area contributed by atoms with Crippen LogP contribution in [0.2, 0.25) is 0 Å². The molecular formula is C21H23N3O3S. The number of ether oxygens (including phenoxy) is 1. The Morgan fingerprint density at radius 1 is 1.14 bits per heavy atom. The summed E-state index contributed by atoms with van der Waals surface area (Å²) < 4.78 is 11.2. The van der Waals surface area contributed by atoms with E-state index in [1.54, 1.807) is 11.9 Å². The average Bonchev–Trinajstić information content (AvgIpc) is 3.17. The lowest BCUT2D eigenvalue weighted by atomic mass is 10.2. The first-order valence-corrected chi connectivity index (χ1v) is 9.97. The van der Waals surface area contributed by atoms with E-state index in [1.807, 2.05) is 68.4 Å². The molecule has 0 saturated carbocycles. The molecule has 0 bridgehead atoms. The van der Waals surface area contributed by atoms with E-state index in [0.717, 1.165) is 16.9 Å². The third-order valence-electron chi connectivity index (χ3n) is 4.08. The summed E-state index contributed by atoms with van der Waals surface area (Å²) in [7, 11) is 1.80. The van der Waals surface area contributed by atoms with Crippen molar-refractivity contribution < 1.29 is 13.9 Å². The lowest BCUT2D eigenvalue weighted by molar-refractivity contribution is -0.129. The molecule has 1 heterocycles. The minimum atomic E-state index is -0.331. The summed E-state index contributed by atoms with van der Waals surface area (Å²) in [6, 6.07) is 17.4. The minimum Gasteiger partial charge on any atom is -0.494 e. The van der Waals surface area contributed by atoms with Gasteiger partial charge in [0.05, 0.1) is 11.9 Å². The lowest BCUT2D eigenvalue weighted by Crippen LogP contribution is -2.32. The molecule has 0 aliphatic heterocycles. The zero-order valence-electron chi connectivity index (χ0n) is 16.2. The van der Waals surface area contributed by atoms with E-state index in [4.69, 9.17) is 9.15 Å². The molecule has 0 radical (unpaired) electrons. The number of benzene rings is 2. The van der Waals surface area contributed by atoms with Gasteiger partial charge in [-0.25, -0.2) is 0 Å². The number of hydrogen-bond acceptors (Lipinski definition) is 6. The number of carbonyl (C=O) groups excluding carboxylic acids is 1. The van der Waals surface area contributed by atoms with Crippen LogP contribution in [0.3, 0.4) is 0 Å². The van der Waals surface area contributed by atoms with Crippen LogP contribution in [0.5, 0.6) is 5.75 Å². The van der Waals surface area contributed by atoms with Gasteiger partial charge >= 0.3 is 0 Å². The molecule has 1 aromatic heterocycles. The number of nitrogens with zero attached hydrogens (tertiary/aromatic N) is 3. The summed E-state index contributed by atoms with van der Waals surface area (Å²) in [5.74, 6) is 1.22. The van der Waals surface area contributed by atoms with Gasteiger partial charge in [-0.15, -0.1) is 10.2 Å². The molecule has 3 rings (SSSR count). The molecule has 1 amide bonds. The molecule has 0 spiro atoms. The molecule has 0 aliphatic rings. The van der Waals surface area contributed by atoms with E-state index in [0.29, 0.717) is 24.3 Å². The topological polar surface area (TPSA) is 68.5 Å². The molecule has 0 saturated heterocycles. The minimum absolute atomic E-state index is 0.00895. The fourth-order valence-electron chi connectivity index (χ4n) is 2.68. The highest BCUT2D eigenvalue weighted by Gasteiger charge is 2.22. The number of thioether (sulfide) groups is 1. The summed E-state index contributed by atoms with van der Waals surface area (Å²) >= 11 is 1.26. The summed E-state index contributed by atoms with van der Waals surface area (Å²) in [4.78, 5) is 14.3. The number of amides is 1. The van der Waals surface area contributed by atoms with Crippen LogP contribution in [0.15, 0.2) is 64.2 Å². The van der Waals surface area contributed by atoms with Crippen LogP contribution in [0.25, 0.3) is 11.5 Å². The van der Waals surface area contributed by atoms with E-state index < -0.39 is 0 Å². The molecule has 7 heteroatoms. The molecule has 3 aromatic rings. The first kappa shape index (κ1) is 19.9. The smallest absolute Gasteiger partial charge is 0.277 e.